The Labute approximate surface area is 195 Å². The molecule has 170 valence electrons. The average Bonchev–Trinajstić information content (AvgIpc) is 2.84. The molecular weight excluding hydrogens is 410 g/mol. The van der Waals surface area contributed by atoms with E-state index in [0.29, 0.717) is 13.1 Å². The highest BCUT2D eigenvalue weighted by atomic mass is 16.4. The third-order valence-corrected chi connectivity index (χ3v) is 6.44. The molecular formula is C29H31NO3. The summed E-state index contributed by atoms with van der Waals surface area (Å²) in [7, 11) is 0. The van der Waals surface area contributed by atoms with E-state index in [-0.39, 0.29) is 6.61 Å². The standard InChI is InChI=1S/C29H31NO3/c31-21-28(29(32)33)30(19-7-15-24-13-5-11-22-9-1-3-17-26(22)24)20-8-16-25-14-6-12-23-10-2-4-18-27(23)25/h1-6,9-14,17-18,28,31H,7-8,15-16,19-21H2,(H,32,33). The third kappa shape index (κ3) is 5.59. The molecule has 1 atom stereocenters. The van der Waals surface area contributed by atoms with Crippen molar-refractivity contribution < 1.29 is 15.0 Å². The van der Waals surface area contributed by atoms with Crippen molar-refractivity contribution >= 4 is 27.5 Å². The van der Waals surface area contributed by atoms with Crippen LogP contribution in [0.4, 0.5) is 0 Å². The number of aliphatic carboxylic acids is 1. The van der Waals surface area contributed by atoms with Gasteiger partial charge in [-0.1, -0.05) is 84.9 Å². The predicted molar refractivity (Wildman–Crippen MR) is 135 cm³/mol. The Kier molecular flexibility index (Phi) is 7.71. The van der Waals surface area contributed by atoms with E-state index in [1.54, 1.807) is 0 Å². The minimum atomic E-state index is -0.965. The molecule has 0 radical (unpaired) electrons. The van der Waals surface area contributed by atoms with Gasteiger partial charge in [0.15, 0.2) is 0 Å². The van der Waals surface area contributed by atoms with Crippen molar-refractivity contribution in [3.05, 3.63) is 96.1 Å². The van der Waals surface area contributed by atoms with Crippen LogP contribution in [0.3, 0.4) is 0 Å². The van der Waals surface area contributed by atoms with Crippen LogP contribution in [0.2, 0.25) is 0 Å². The Morgan fingerprint density at radius 3 is 1.61 bits per heavy atom. The molecule has 0 aromatic heterocycles. The van der Waals surface area contributed by atoms with Gasteiger partial charge in [0.1, 0.15) is 6.04 Å². The van der Waals surface area contributed by atoms with Crippen LogP contribution in [0.25, 0.3) is 21.5 Å². The number of hydrogen-bond donors (Lipinski definition) is 2. The fraction of sp³-hybridized carbons (Fsp3) is 0.276. The molecule has 0 saturated heterocycles. The largest absolute Gasteiger partial charge is 0.480 e. The van der Waals surface area contributed by atoms with Crippen molar-refractivity contribution in [3.63, 3.8) is 0 Å². The summed E-state index contributed by atoms with van der Waals surface area (Å²) in [6.45, 7) is 0.893. The molecule has 0 aliphatic heterocycles. The van der Waals surface area contributed by atoms with Gasteiger partial charge in [0.2, 0.25) is 0 Å². The van der Waals surface area contributed by atoms with Crippen LogP contribution < -0.4 is 0 Å². The maximum atomic E-state index is 11.8. The molecule has 0 saturated carbocycles. The summed E-state index contributed by atoms with van der Waals surface area (Å²) in [4.78, 5) is 13.7. The zero-order chi connectivity index (χ0) is 23.0. The summed E-state index contributed by atoms with van der Waals surface area (Å²) in [5, 5.41) is 24.4. The number of hydrogen-bond acceptors (Lipinski definition) is 3. The minimum absolute atomic E-state index is 0.377. The number of aryl methyl sites for hydroxylation is 2. The number of fused-ring (bicyclic) bond motifs is 2. The lowest BCUT2D eigenvalue weighted by Crippen LogP contribution is -2.45. The van der Waals surface area contributed by atoms with E-state index >= 15 is 0 Å². The van der Waals surface area contributed by atoms with Crippen molar-refractivity contribution in [1.82, 2.24) is 4.90 Å². The third-order valence-electron chi connectivity index (χ3n) is 6.44. The van der Waals surface area contributed by atoms with Crippen LogP contribution in [0.5, 0.6) is 0 Å². The molecule has 0 fully saturated rings. The highest BCUT2D eigenvalue weighted by Gasteiger charge is 2.24. The summed E-state index contributed by atoms with van der Waals surface area (Å²) in [6.07, 6.45) is 3.43. The Hall–Kier alpha value is -3.21. The van der Waals surface area contributed by atoms with Crippen LogP contribution in [0.15, 0.2) is 84.9 Å². The number of benzene rings is 4. The highest BCUT2D eigenvalue weighted by molar-refractivity contribution is 5.86. The van der Waals surface area contributed by atoms with Gasteiger partial charge >= 0.3 is 5.97 Å². The monoisotopic (exact) mass is 441 g/mol. The number of aliphatic hydroxyl groups excluding tert-OH is 1. The smallest absolute Gasteiger partial charge is 0.323 e. The summed E-state index contributed by atoms with van der Waals surface area (Å²) in [5.74, 6) is -0.965. The second kappa shape index (κ2) is 11.1. The zero-order valence-electron chi connectivity index (χ0n) is 18.9. The predicted octanol–water partition coefficient (Wildman–Crippen LogP) is 5.31. The molecule has 4 nitrogen and oxygen atoms in total. The molecule has 4 aromatic carbocycles. The van der Waals surface area contributed by atoms with E-state index in [1.165, 1.54) is 32.7 Å². The first kappa shape index (κ1) is 23.0. The van der Waals surface area contributed by atoms with Crippen LogP contribution in [0.1, 0.15) is 24.0 Å². The SMILES string of the molecule is O=C(O)C(CO)N(CCCc1cccc2ccccc12)CCCc1cccc2ccccc12. The topological polar surface area (TPSA) is 60.8 Å². The van der Waals surface area contributed by atoms with Gasteiger partial charge in [-0.2, -0.15) is 0 Å². The average molecular weight is 442 g/mol. The first-order valence-electron chi connectivity index (χ1n) is 11.7. The van der Waals surface area contributed by atoms with E-state index < -0.39 is 12.0 Å². The van der Waals surface area contributed by atoms with E-state index in [9.17, 15) is 15.0 Å². The van der Waals surface area contributed by atoms with E-state index in [2.05, 4.69) is 72.8 Å². The summed E-state index contributed by atoms with van der Waals surface area (Å²) >= 11 is 0. The maximum absolute atomic E-state index is 11.8. The normalized spacial score (nSPS) is 12.4. The van der Waals surface area contributed by atoms with Crippen LogP contribution in [-0.4, -0.2) is 46.8 Å². The van der Waals surface area contributed by atoms with Crippen molar-refractivity contribution in [3.8, 4) is 0 Å². The molecule has 4 heteroatoms. The second-order valence-corrected chi connectivity index (χ2v) is 8.56. The van der Waals surface area contributed by atoms with Gasteiger partial charge in [-0.05, 0) is 71.4 Å². The van der Waals surface area contributed by atoms with E-state index in [4.69, 9.17) is 0 Å². The molecule has 2 N–H and O–H groups in total. The van der Waals surface area contributed by atoms with Gasteiger partial charge < -0.3 is 10.2 Å². The number of rotatable bonds is 11. The van der Waals surface area contributed by atoms with Gasteiger partial charge in [-0.25, -0.2) is 0 Å². The maximum Gasteiger partial charge on any atom is 0.323 e. The second-order valence-electron chi connectivity index (χ2n) is 8.56. The molecule has 0 aliphatic carbocycles. The van der Waals surface area contributed by atoms with Gasteiger partial charge in [0, 0.05) is 0 Å². The zero-order valence-corrected chi connectivity index (χ0v) is 18.9. The lowest BCUT2D eigenvalue weighted by atomic mass is 10.00. The summed E-state index contributed by atoms with van der Waals surface area (Å²) in [6, 6.07) is 28.5. The van der Waals surface area contributed by atoms with Crippen molar-refractivity contribution in [2.75, 3.05) is 19.7 Å². The molecule has 0 bridgehead atoms. The molecule has 0 spiro atoms. The Balaban J connectivity index is 1.41. The first-order valence-corrected chi connectivity index (χ1v) is 11.7. The molecule has 0 heterocycles. The van der Waals surface area contributed by atoms with Crippen LogP contribution in [0, 0.1) is 0 Å². The van der Waals surface area contributed by atoms with Gasteiger partial charge in [-0.15, -0.1) is 0 Å². The fourth-order valence-corrected chi connectivity index (χ4v) is 4.74. The molecule has 4 rings (SSSR count). The molecule has 1 unspecified atom stereocenters. The number of aliphatic hydroxyl groups is 1. The van der Waals surface area contributed by atoms with Gasteiger partial charge in [0.05, 0.1) is 6.61 Å². The quantitative estimate of drug-likeness (QED) is 0.331. The van der Waals surface area contributed by atoms with Crippen molar-refractivity contribution in [1.29, 1.82) is 0 Å². The van der Waals surface area contributed by atoms with Gasteiger partial charge in [-0.3, -0.25) is 9.69 Å². The highest BCUT2D eigenvalue weighted by Crippen LogP contribution is 2.21. The fourth-order valence-electron chi connectivity index (χ4n) is 4.74. The van der Waals surface area contributed by atoms with Crippen LogP contribution >= 0.6 is 0 Å². The molecule has 0 amide bonds. The molecule has 33 heavy (non-hydrogen) atoms. The number of carboxylic acid groups (broad SMARTS) is 1. The summed E-state index contributed by atoms with van der Waals surface area (Å²) < 4.78 is 0. The van der Waals surface area contributed by atoms with Crippen LogP contribution in [-0.2, 0) is 17.6 Å². The van der Waals surface area contributed by atoms with E-state index in [1.807, 2.05) is 17.0 Å². The number of carbonyl (C=O) groups is 1. The number of carboxylic acids is 1. The van der Waals surface area contributed by atoms with E-state index in [0.717, 1.165) is 25.7 Å². The number of nitrogens with zero attached hydrogens (tertiary/aromatic N) is 1. The van der Waals surface area contributed by atoms with Crippen molar-refractivity contribution in [2.24, 2.45) is 0 Å². The minimum Gasteiger partial charge on any atom is -0.480 e. The molecule has 4 aromatic rings. The lowest BCUT2D eigenvalue weighted by molar-refractivity contribution is -0.144. The molecule has 0 aliphatic rings. The Morgan fingerprint density at radius 1 is 0.697 bits per heavy atom. The Morgan fingerprint density at radius 2 is 1.15 bits per heavy atom. The summed E-state index contributed by atoms with van der Waals surface area (Å²) in [5.41, 5.74) is 2.55. The van der Waals surface area contributed by atoms with Crippen molar-refractivity contribution in [2.45, 2.75) is 31.7 Å². The Bertz CT molecular complexity index is 1120. The lowest BCUT2D eigenvalue weighted by Gasteiger charge is -2.27. The van der Waals surface area contributed by atoms with Gasteiger partial charge in [0.25, 0.3) is 0 Å². The first-order chi connectivity index (χ1) is 16.2.